The van der Waals surface area contributed by atoms with Crippen molar-refractivity contribution in [3.05, 3.63) is 58.5 Å². The minimum Gasteiger partial charge on any atom is -0.360 e. The summed E-state index contributed by atoms with van der Waals surface area (Å²) < 4.78 is 5.37. The Morgan fingerprint density at radius 2 is 2.11 bits per heavy atom. The van der Waals surface area contributed by atoms with E-state index in [9.17, 15) is 4.79 Å². The number of fused-ring (bicyclic) bond motifs is 1. The Morgan fingerprint density at radius 1 is 1.25 bits per heavy atom. The van der Waals surface area contributed by atoms with Crippen LogP contribution in [0.1, 0.15) is 65.0 Å². The molecule has 2 aliphatic carbocycles. The van der Waals surface area contributed by atoms with Gasteiger partial charge in [-0.25, -0.2) is 0 Å². The van der Waals surface area contributed by atoms with Crippen molar-refractivity contribution in [3.63, 3.8) is 0 Å². The Kier molecular flexibility index (Phi) is 4.47. The fraction of sp³-hybridized carbons (Fsp3) is 0.500. The minimum atomic E-state index is 0.135. The summed E-state index contributed by atoms with van der Waals surface area (Å²) in [5.41, 5.74) is 6.15. The molecule has 1 aromatic carbocycles. The molecule has 0 unspecified atom stereocenters. The van der Waals surface area contributed by atoms with Gasteiger partial charge in [0.25, 0.3) is 0 Å². The van der Waals surface area contributed by atoms with Gasteiger partial charge >= 0.3 is 0 Å². The molecule has 3 aliphatic rings. The lowest BCUT2D eigenvalue weighted by atomic mass is 9.92. The molecule has 2 atom stereocenters. The number of likely N-dealkylation sites (tertiary alicyclic amines) is 1. The van der Waals surface area contributed by atoms with Gasteiger partial charge in [0.1, 0.15) is 11.5 Å². The highest BCUT2D eigenvalue weighted by molar-refractivity contribution is 5.94. The van der Waals surface area contributed by atoms with Crippen molar-refractivity contribution in [1.82, 2.24) is 10.1 Å². The maximum atomic E-state index is 12.7. The lowest BCUT2D eigenvalue weighted by molar-refractivity contribution is 0.0946. The van der Waals surface area contributed by atoms with Crippen LogP contribution in [0, 0.1) is 18.8 Å². The monoisotopic (exact) mass is 376 g/mol. The second-order valence-corrected chi connectivity index (χ2v) is 9.04. The van der Waals surface area contributed by atoms with Gasteiger partial charge in [0.15, 0.2) is 5.78 Å². The first-order chi connectivity index (χ1) is 13.6. The Morgan fingerprint density at radius 3 is 2.93 bits per heavy atom. The van der Waals surface area contributed by atoms with Crippen LogP contribution in [0.5, 0.6) is 0 Å². The van der Waals surface area contributed by atoms with E-state index in [1.54, 1.807) is 0 Å². The molecule has 0 amide bonds. The van der Waals surface area contributed by atoms with Crippen molar-refractivity contribution < 1.29 is 9.32 Å². The van der Waals surface area contributed by atoms with Gasteiger partial charge in [-0.15, -0.1) is 0 Å². The SMILES string of the molecule is Cc1ccc2c(c1)C(CN1C[C@@H](CC(=O)c3cc(C4CC4)on3)[C@@H](C)C1)=CC2. The Bertz CT molecular complexity index is 938. The predicted molar refractivity (Wildman–Crippen MR) is 109 cm³/mol. The zero-order valence-corrected chi connectivity index (χ0v) is 16.8. The van der Waals surface area contributed by atoms with E-state index in [4.69, 9.17) is 4.52 Å². The molecular formula is C24H28N2O2. The molecular weight excluding hydrogens is 348 g/mol. The summed E-state index contributed by atoms with van der Waals surface area (Å²) in [5, 5.41) is 4.03. The highest BCUT2D eigenvalue weighted by Crippen LogP contribution is 2.40. The average molecular weight is 377 g/mol. The number of hydrogen-bond donors (Lipinski definition) is 0. The molecule has 1 aliphatic heterocycles. The molecule has 5 rings (SSSR count). The van der Waals surface area contributed by atoms with Crippen LogP contribution in [0.25, 0.3) is 5.57 Å². The number of carbonyl (C=O) groups is 1. The summed E-state index contributed by atoms with van der Waals surface area (Å²) in [5.74, 6) is 2.45. The molecule has 1 aromatic heterocycles. The van der Waals surface area contributed by atoms with E-state index in [1.807, 2.05) is 6.07 Å². The molecule has 1 saturated heterocycles. The topological polar surface area (TPSA) is 46.3 Å². The lowest BCUT2D eigenvalue weighted by Crippen LogP contribution is -2.23. The van der Waals surface area contributed by atoms with Crippen LogP contribution in [-0.4, -0.2) is 35.5 Å². The molecule has 28 heavy (non-hydrogen) atoms. The van der Waals surface area contributed by atoms with Gasteiger partial charge in [-0.2, -0.15) is 0 Å². The molecule has 146 valence electrons. The zero-order valence-electron chi connectivity index (χ0n) is 16.8. The number of ketones is 1. The van der Waals surface area contributed by atoms with Crippen LogP contribution in [0.3, 0.4) is 0 Å². The molecule has 0 bridgehead atoms. The van der Waals surface area contributed by atoms with Gasteiger partial charge in [0.2, 0.25) is 0 Å². The predicted octanol–water partition coefficient (Wildman–Crippen LogP) is 4.64. The molecule has 2 fully saturated rings. The van der Waals surface area contributed by atoms with E-state index in [1.165, 1.54) is 22.3 Å². The van der Waals surface area contributed by atoms with Crippen molar-refractivity contribution >= 4 is 11.4 Å². The fourth-order valence-corrected chi connectivity index (χ4v) is 4.76. The normalized spacial score (nSPS) is 24.4. The molecule has 4 heteroatoms. The largest absolute Gasteiger partial charge is 0.360 e. The highest BCUT2D eigenvalue weighted by atomic mass is 16.5. The van der Waals surface area contributed by atoms with Crippen molar-refractivity contribution in [2.24, 2.45) is 11.8 Å². The van der Waals surface area contributed by atoms with Crippen LogP contribution < -0.4 is 0 Å². The lowest BCUT2D eigenvalue weighted by Gasteiger charge is -2.17. The van der Waals surface area contributed by atoms with E-state index in [0.29, 0.717) is 29.9 Å². The van der Waals surface area contributed by atoms with E-state index in [-0.39, 0.29) is 5.78 Å². The Balaban J connectivity index is 1.21. The number of nitrogens with zero attached hydrogens (tertiary/aromatic N) is 2. The van der Waals surface area contributed by atoms with Crippen LogP contribution in [0.4, 0.5) is 0 Å². The summed E-state index contributed by atoms with van der Waals surface area (Å²) in [7, 11) is 0. The first kappa shape index (κ1) is 17.9. The van der Waals surface area contributed by atoms with Crippen molar-refractivity contribution in [3.8, 4) is 0 Å². The number of allylic oxidation sites excluding steroid dienone is 1. The average Bonchev–Trinajstić information content (AvgIpc) is 3.11. The van der Waals surface area contributed by atoms with E-state index in [0.717, 1.165) is 44.7 Å². The highest BCUT2D eigenvalue weighted by Gasteiger charge is 2.34. The van der Waals surface area contributed by atoms with Crippen molar-refractivity contribution in [2.75, 3.05) is 19.6 Å². The summed E-state index contributed by atoms with van der Waals surface area (Å²) in [6.45, 7) is 7.47. The number of carbonyl (C=O) groups excluding carboxylic acids is 1. The number of aromatic nitrogens is 1. The van der Waals surface area contributed by atoms with Crippen LogP contribution in [0.15, 0.2) is 34.9 Å². The second kappa shape index (κ2) is 7.00. The van der Waals surface area contributed by atoms with Gasteiger partial charge in [-0.05, 0) is 54.7 Å². The van der Waals surface area contributed by atoms with E-state index in [2.05, 4.69) is 48.2 Å². The number of benzene rings is 1. The van der Waals surface area contributed by atoms with Gasteiger partial charge in [0, 0.05) is 38.0 Å². The third kappa shape index (κ3) is 3.46. The van der Waals surface area contributed by atoms with Gasteiger partial charge < -0.3 is 4.52 Å². The standard InChI is InChI=1S/C24H28N2O2/c1-15-3-4-17-5-8-19(21(17)9-15)13-26-12-16(2)20(14-26)10-23(27)22-11-24(28-25-22)18-6-7-18/h3-4,8-9,11,16,18,20H,5-7,10,12-14H2,1-2H3/t16-,20+/m0/s1. The number of rotatable bonds is 6. The van der Waals surface area contributed by atoms with Gasteiger partial charge in [-0.1, -0.05) is 41.9 Å². The Labute approximate surface area is 166 Å². The van der Waals surface area contributed by atoms with E-state index < -0.39 is 0 Å². The molecule has 1 saturated carbocycles. The molecule has 0 radical (unpaired) electrons. The van der Waals surface area contributed by atoms with Gasteiger partial charge in [-0.3, -0.25) is 9.69 Å². The van der Waals surface area contributed by atoms with Gasteiger partial charge in [0.05, 0.1) is 0 Å². The van der Waals surface area contributed by atoms with Crippen molar-refractivity contribution in [1.29, 1.82) is 0 Å². The van der Waals surface area contributed by atoms with Crippen LogP contribution in [0.2, 0.25) is 0 Å². The minimum absolute atomic E-state index is 0.135. The molecule has 0 spiro atoms. The quantitative estimate of drug-likeness (QED) is 0.689. The smallest absolute Gasteiger partial charge is 0.185 e. The van der Waals surface area contributed by atoms with Crippen molar-refractivity contribution in [2.45, 2.75) is 45.4 Å². The molecule has 2 heterocycles. The number of aryl methyl sites for hydroxylation is 1. The number of Topliss-reactive ketones (excluding diaryl/α,β-unsaturated/α-hetero) is 1. The summed E-state index contributed by atoms with van der Waals surface area (Å²) >= 11 is 0. The summed E-state index contributed by atoms with van der Waals surface area (Å²) in [6.07, 6.45) is 6.32. The first-order valence-electron chi connectivity index (χ1n) is 10.6. The molecule has 0 N–H and O–H groups in total. The Hall–Kier alpha value is -2.20. The summed E-state index contributed by atoms with van der Waals surface area (Å²) in [4.78, 5) is 15.2. The van der Waals surface area contributed by atoms with E-state index >= 15 is 0 Å². The summed E-state index contributed by atoms with van der Waals surface area (Å²) in [6, 6.07) is 8.65. The maximum Gasteiger partial charge on any atom is 0.185 e. The zero-order chi connectivity index (χ0) is 19.3. The third-order valence-corrected chi connectivity index (χ3v) is 6.66. The third-order valence-electron chi connectivity index (χ3n) is 6.66. The second-order valence-electron chi connectivity index (χ2n) is 9.04. The first-order valence-corrected chi connectivity index (χ1v) is 10.6. The molecule has 2 aromatic rings. The van der Waals surface area contributed by atoms with Crippen LogP contribution >= 0.6 is 0 Å². The number of hydrogen-bond acceptors (Lipinski definition) is 4. The fourth-order valence-electron chi connectivity index (χ4n) is 4.76. The van der Waals surface area contributed by atoms with Crippen LogP contribution in [-0.2, 0) is 6.42 Å². The maximum absolute atomic E-state index is 12.7. The molecule has 4 nitrogen and oxygen atoms in total.